The molecule has 90 valence electrons. The molecule has 0 aliphatic carbocycles. The third-order valence-electron chi connectivity index (χ3n) is 3.36. The van der Waals surface area contributed by atoms with Crippen molar-refractivity contribution in [2.24, 2.45) is 0 Å². The Morgan fingerprint density at radius 3 is 1.50 bits per heavy atom. The van der Waals surface area contributed by atoms with Crippen LogP contribution in [0.15, 0.2) is 30.3 Å². The third-order valence-corrected chi connectivity index (χ3v) is 19.1. The van der Waals surface area contributed by atoms with E-state index in [1.165, 1.54) is 3.58 Å². The van der Waals surface area contributed by atoms with Gasteiger partial charge in [-0.05, 0) is 0 Å². The van der Waals surface area contributed by atoms with Crippen LogP contribution in [0.5, 0.6) is 0 Å². The zero-order valence-corrected chi connectivity index (χ0v) is 14.2. The SMILES string of the molecule is C[C](C)(C)[Sn]([OH])([c]1ccccc1)[C](C)(C)C. The van der Waals surface area contributed by atoms with E-state index in [-0.39, 0.29) is 6.86 Å². The molecule has 0 saturated heterocycles. The van der Waals surface area contributed by atoms with E-state index in [0.717, 1.165) is 0 Å². The van der Waals surface area contributed by atoms with E-state index in [1.807, 2.05) is 18.2 Å². The van der Waals surface area contributed by atoms with Crippen molar-refractivity contribution in [1.29, 1.82) is 0 Å². The molecule has 1 N–H and O–H groups in total. The Morgan fingerprint density at radius 2 is 1.19 bits per heavy atom. The van der Waals surface area contributed by atoms with Crippen LogP contribution in [0, 0.1) is 0 Å². The van der Waals surface area contributed by atoms with Crippen LogP contribution in [0.4, 0.5) is 0 Å². The van der Waals surface area contributed by atoms with Gasteiger partial charge in [0, 0.05) is 0 Å². The van der Waals surface area contributed by atoms with Gasteiger partial charge in [-0.15, -0.1) is 0 Å². The van der Waals surface area contributed by atoms with Crippen molar-refractivity contribution in [1.82, 2.24) is 0 Å². The van der Waals surface area contributed by atoms with Gasteiger partial charge in [0.2, 0.25) is 0 Å². The Morgan fingerprint density at radius 1 is 0.812 bits per heavy atom. The van der Waals surface area contributed by atoms with Gasteiger partial charge >= 0.3 is 105 Å². The number of rotatable bonds is 1. The second kappa shape index (κ2) is 4.34. The summed E-state index contributed by atoms with van der Waals surface area (Å²) >= 11 is -3.40. The first-order valence-corrected chi connectivity index (χ1v) is 11.4. The summed E-state index contributed by atoms with van der Waals surface area (Å²) < 4.78 is 12.6. The van der Waals surface area contributed by atoms with E-state index < -0.39 is 18.8 Å². The van der Waals surface area contributed by atoms with Crippen molar-refractivity contribution >= 4 is 22.4 Å². The molecule has 1 nitrogen and oxygen atoms in total. The first-order chi connectivity index (χ1) is 7.11. The number of hydrogen-bond donors (Lipinski definition) is 1. The Bertz CT molecular complexity index is 329. The van der Waals surface area contributed by atoms with Crippen molar-refractivity contribution in [2.75, 3.05) is 0 Å². The minimum absolute atomic E-state index is 0.00822. The first kappa shape index (κ1) is 14.0. The molecular weight excluding hydrogens is 303 g/mol. The summed E-state index contributed by atoms with van der Waals surface area (Å²) in [4.78, 5) is 0. The summed E-state index contributed by atoms with van der Waals surface area (Å²) in [7, 11) is 0. The van der Waals surface area contributed by atoms with E-state index >= 15 is 0 Å². The molecule has 0 atom stereocenters. The zero-order valence-electron chi connectivity index (χ0n) is 11.3. The second-order valence-corrected chi connectivity index (χ2v) is 20.8. The molecule has 0 aromatic heterocycles. The van der Waals surface area contributed by atoms with E-state index in [9.17, 15) is 3.44 Å². The second-order valence-electron chi connectivity index (χ2n) is 6.58. The van der Waals surface area contributed by atoms with Gasteiger partial charge in [0.1, 0.15) is 0 Å². The Hall–Kier alpha value is -0.0213. The van der Waals surface area contributed by atoms with Crippen molar-refractivity contribution in [3.63, 3.8) is 0 Å². The molecular formula is C14H24OSn. The Balaban J connectivity index is 3.39. The van der Waals surface area contributed by atoms with Gasteiger partial charge in [-0.3, -0.25) is 0 Å². The van der Waals surface area contributed by atoms with E-state index in [1.54, 1.807) is 0 Å². The van der Waals surface area contributed by atoms with Crippen LogP contribution in [0.2, 0.25) is 6.86 Å². The van der Waals surface area contributed by atoms with E-state index in [2.05, 4.69) is 53.7 Å². The molecule has 0 amide bonds. The van der Waals surface area contributed by atoms with Gasteiger partial charge in [-0.1, -0.05) is 0 Å². The van der Waals surface area contributed by atoms with Crippen LogP contribution in [0.25, 0.3) is 0 Å². The fourth-order valence-electron chi connectivity index (χ4n) is 2.67. The summed E-state index contributed by atoms with van der Waals surface area (Å²) in [5.41, 5.74) is 0. The van der Waals surface area contributed by atoms with Gasteiger partial charge < -0.3 is 0 Å². The zero-order chi connectivity index (χ0) is 12.6. The molecule has 1 aromatic rings. The van der Waals surface area contributed by atoms with Crippen LogP contribution in [0.1, 0.15) is 41.5 Å². The monoisotopic (exact) mass is 328 g/mol. The fourth-order valence-corrected chi connectivity index (χ4v) is 16.0. The standard InChI is InChI=1S/C6H5.2C4H9.H2O.Sn/c1-2-4-6-5-3-1;2*1-4(2)3;;/h1-5H;2*1-3H3;1H2;/q;;;;+1/p-1. The summed E-state index contributed by atoms with van der Waals surface area (Å²) in [6.45, 7) is 13.1. The molecule has 1 aromatic carbocycles. The minimum atomic E-state index is -3.40. The predicted molar refractivity (Wildman–Crippen MR) is 73.5 cm³/mol. The van der Waals surface area contributed by atoms with Gasteiger partial charge in [-0.25, -0.2) is 0 Å². The van der Waals surface area contributed by atoms with Crippen LogP contribution < -0.4 is 3.58 Å². The first-order valence-electron chi connectivity index (χ1n) is 5.88. The Kier molecular flexibility index (Phi) is 3.81. The quantitative estimate of drug-likeness (QED) is 0.784. The average molecular weight is 327 g/mol. The summed E-state index contributed by atoms with van der Waals surface area (Å²) in [6, 6.07) is 10.3. The molecule has 0 fully saturated rings. The summed E-state index contributed by atoms with van der Waals surface area (Å²) in [5.74, 6) is 0. The van der Waals surface area contributed by atoms with Crippen molar-refractivity contribution in [3.8, 4) is 0 Å². The molecule has 0 aliphatic rings. The van der Waals surface area contributed by atoms with Gasteiger partial charge in [-0.2, -0.15) is 0 Å². The van der Waals surface area contributed by atoms with E-state index in [0.29, 0.717) is 0 Å². The van der Waals surface area contributed by atoms with Crippen LogP contribution in [-0.2, 0) is 0 Å². The number of hydrogen-bond acceptors (Lipinski definition) is 1. The molecule has 0 radical (unpaired) electrons. The fraction of sp³-hybridized carbons (Fsp3) is 0.571. The van der Waals surface area contributed by atoms with Crippen molar-refractivity contribution in [3.05, 3.63) is 30.3 Å². The molecule has 0 bridgehead atoms. The molecule has 0 spiro atoms. The van der Waals surface area contributed by atoms with Gasteiger partial charge in [0.15, 0.2) is 0 Å². The van der Waals surface area contributed by atoms with Crippen LogP contribution in [-0.4, -0.2) is 22.2 Å². The average Bonchev–Trinajstić information content (AvgIpc) is 2.14. The topological polar surface area (TPSA) is 20.2 Å². The maximum absolute atomic E-state index is 11.4. The van der Waals surface area contributed by atoms with Crippen molar-refractivity contribution < 1.29 is 3.44 Å². The predicted octanol–water partition coefficient (Wildman–Crippen LogP) is 3.43. The molecule has 16 heavy (non-hydrogen) atoms. The third kappa shape index (κ3) is 2.30. The molecule has 1 rings (SSSR count). The maximum atomic E-state index is 11.4. The molecule has 2 heteroatoms. The Labute approximate surface area is 104 Å². The van der Waals surface area contributed by atoms with Gasteiger partial charge in [0.05, 0.1) is 0 Å². The normalized spacial score (nSPS) is 13.9. The molecule has 0 aliphatic heterocycles. The summed E-state index contributed by atoms with van der Waals surface area (Å²) in [5, 5.41) is 0. The van der Waals surface area contributed by atoms with Gasteiger partial charge in [0.25, 0.3) is 0 Å². The van der Waals surface area contributed by atoms with Crippen molar-refractivity contribution in [2.45, 2.75) is 48.4 Å². The van der Waals surface area contributed by atoms with Crippen LogP contribution >= 0.6 is 0 Å². The summed E-state index contributed by atoms with van der Waals surface area (Å²) in [6.07, 6.45) is 0. The molecule has 0 saturated carbocycles. The number of benzene rings is 1. The molecule has 0 unspecified atom stereocenters. The molecule has 0 heterocycles. The van der Waals surface area contributed by atoms with Crippen LogP contribution in [0.3, 0.4) is 0 Å². The van der Waals surface area contributed by atoms with E-state index in [4.69, 9.17) is 0 Å².